The SMILES string of the molecule is CCC(NC(=O)C1CCCC1CN)c1ccc(C)cc1. The molecule has 1 aromatic carbocycles. The Kier molecular flexibility index (Phi) is 5.18. The van der Waals surface area contributed by atoms with Crippen molar-refractivity contribution in [2.75, 3.05) is 6.54 Å². The maximum absolute atomic E-state index is 12.5. The fourth-order valence-corrected chi connectivity index (χ4v) is 3.16. The summed E-state index contributed by atoms with van der Waals surface area (Å²) in [5.41, 5.74) is 8.21. The summed E-state index contributed by atoms with van der Waals surface area (Å²) >= 11 is 0. The van der Waals surface area contributed by atoms with Crippen LogP contribution in [0.3, 0.4) is 0 Å². The predicted molar refractivity (Wildman–Crippen MR) is 82.2 cm³/mol. The fourth-order valence-electron chi connectivity index (χ4n) is 3.16. The summed E-state index contributed by atoms with van der Waals surface area (Å²) in [5, 5.41) is 3.21. The molecule has 1 aliphatic carbocycles. The maximum atomic E-state index is 12.5. The molecule has 1 fully saturated rings. The minimum Gasteiger partial charge on any atom is -0.349 e. The van der Waals surface area contributed by atoms with Crippen LogP contribution in [-0.4, -0.2) is 12.5 Å². The largest absolute Gasteiger partial charge is 0.349 e. The van der Waals surface area contributed by atoms with Gasteiger partial charge >= 0.3 is 0 Å². The van der Waals surface area contributed by atoms with E-state index in [0.29, 0.717) is 12.5 Å². The topological polar surface area (TPSA) is 55.1 Å². The number of benzene rings is 1. The maximum Gasteiger partial charge on any atom is 0.223 e. The molecule has 1 aromatic rings. The van der Waals surface area contributed by atoms with Crippen molar-refractivity contribution in [2.45, 2.75) is 45.6 Å². The molecule has 0 aliphatic heterocycles. The van der Waals surface area contributed by atoms with Crippen LogP contribution in [0.5, 0.6) is 0 Å². The Balaban J connectivity index is 2.02. The first kappa shape index (κ1) is 15.0. The Morgan fingerprint density at radius 2 is 2.05 bits per heavy atom. The number of hydrogen-bond donors (Lipinski definition) is 2. The standard InChI is InChI=1S/C17H26N2O/c1-3-16(13-9-7-12(2)8-10-13)19-17(20)15-6-4-5-14(15)11-18/h7-10,14-16H,3-6,11,18H2,1-2H3,(H,19,20). The predicted octanol–water partition coefficient (Wildman–Crippen LogP) is 2.94. The van der Waals surface area contributed by atoms with E-state index in [2.05, 4.69) is 43.4 Å². The Morgan fingerprint density at radius 3 is 2.65 bits per heavy atom. The van der Waals surface area contributed by atoms with Crippen molar-refractivity contribution >= 4 is 5.91 Å². The normalized spacial score (nSPS) is 23.6. The van der Waals surface area contributed by atoms with E-state index >= 15 is 0 Å². The van der Waals surface area contributed by atoms with E-state index in [1.165, 1.54) is 11.1 Å². The smallest absolute Gasteiger partial charge is 0.223 e. The van der Waals surface area contributed by atoms with Gasteiger partial charge in [-0.15, -0.1) is 0 Å². The Morgan fingerprint density at radius 1 is 1.35 bits per heavy atom. The van der Waals surface area contributed by atoms with Crippen LogP contribution in [0.25, 0.3) is 0 Å². The molecule has 1 amide bonds. The van der Waals surface area contributed by atoms with E-state index < -0.39 is 0 Å². The number of nitrogens with two attached hydrogens (primary N) is 1. The zero-order valence-corrected chi connectivity index (χ0v) is 12.6. The lowest BCUT2D eigenvalue weighted by atomic mass is 9.94. The van der Waals surface area contributed by atoms with Crippen molar-refractivity contribution in [3.05, 3.63) is 35.4 Å². The van der Waals surface area contributed by atoms with Gasteiger partial charge in [0.15, 0.2) is 0 Å². The van der Waals surface area contributed by atoms with E-state index in [0.717, 1.165) is 25.7 Å². The molecule has 0 spiro atoms. The van der Waals surface area contributed by atoms with Crippen molar-refractivity contribution in [1.82, 2.24) is 5.32 Å². The molecule has 0 saturated heterocycles. The number of hydrogen-bond acceptors (Lipinski definition) is 2. The highest BCUT2D eigenvalue weighted by molar-refractivity contribution is 5.79. The first-order chi connectivity index (χ1) is 9.65. The number of nitrogens with one attached hydrogen (secondary N) is 1. The summed E-state index contributed by atoms with van der Waals surface area (Å²) in [6.07, 6.45) is 4.12. The molecule has 3 atom stereocenters. The van der Waals surface area contributed by atoms with Gasteiger partial charge in [-0.25, -0.2) is 0 Å². The van der Waals surface area contributed by atoms with Crippen LogP contribution in [0.4, 0.5) is 0 Å². The molecule has 0 bridgehead atoms. The Labute approximate surface area is 121 Å². The summed E-state index contributed by atoms with van der Waals surface area (Å²) in [4.78, 5) is 12.5. The molecule has 2 rings (SSSR count). The summed E-state index contributed by atoms with van der Waals surface area (Å²) in [5.74, 6) is 0.662. The van der Waals surface area contributed by atoms with Gasteiger partial charge in [0.05, 0.1) is 6.04 Å². The monoisotopic (exact) mass is 274 g/mol. The molecule has 20 heavy (non-hydrogen) atoms. The number of carbonyl (C=O) groups excluding carboxylic acids is 1. The third-order valence-corrected chi connectivity index (χ3v) is 4.50. The van der Waals surface area contributed by atoms with Gasteiger partial charge in [-0.3, -0.25) is 4.79 Å². The highest BCUT2D eigenvalue weighted by atomic mass is 16.2. The number of amides is 1. The van der Waals surface area contributed by atoms with Gasteiger partial charge in [-0.05, 0) is 44.2 Å². The molecule has 0 heterocycles. The van der Waals surface area contributed by atoms with Gasteiger partial charge in [0, 0.05) is 5.92 Å². The molecule has 3 nitrogen and oxygen atoms in total. The van der Waals surface area contributed by atoms with Gasteiger partial charge in [-0.2, -0.15) is 0 Å². The van der Waals surface area contributed by atoms with Crippen LogP contribution in [0.2, 0.25) is 0 Å². The lowest BCUT2D eigenvalue weighted by molar-refractivity contribution is -0.126. The van der Waals surface area contributed by atoms with E-state index in [-0.39, 0.29) is 17.9 Å². The van der Waals surface area contributed by atoms with Crippen LogP contribution in [0.15, 0.2) is 24.3 Å². The first-order valence-electron chi connectivity index (χ1n) is 7.72. The molecule has 1 saturated carbocycles. The number of aryl methyl sites for hydroxylation is 1. The van der Waals surface area contributed by atoms with Crippen LogP contribution in [-0.2, 0) is 4.79 Å². The lowest BCUT2D eigenvalue weighted by Gasteiger charge is -2.23. The highest BCUT2D eigenvalue weighted by Gasteiger charge is 2.32. The first-order valence-corrected chi connectivity index (χ1v) is 7.72. The minimum absolute atomic E-state index is 0.111. The second-order valence-electron chi connectivity index (χ2n) is 5.91. The molecule has 3 N–H and O–H groups in total. The summed E-state index contributed by atoms with van der Waals surface area (Å²) in [6.45, 7) is 4.81. The van der Waals surface area contributed by atoms with Gasteiger partial charge in [0.1, 0.15) is 0 Å². The van der Waals surface area contributed by atoms with Gasteiger partial charge in [0.2, 0.25) is 5.91 Å². The van der Waals surface area contributed by atoms with Gasteiger partial charge in [0.25, 0.3) is 0 Å². The molecule has 1 aliphatic rings. The average Bonchev–Trinajstić information content (AvgIpc) is 2.94. The second-order valence-corrected chi connectivity index (χ2v) is 5.91. The molecular weight excluding hydrogens is 248 g/mol. The summed E-state index contributed by atoms with van der Waals surface area (Å²) in [6, 6.07) is 8.53. The van der Waals surface area contributed by atoms with Gasteiger partial charge < -0.3 is 11.1 Å². The van der Waals surface area contributed by atoms with Crippen molar-refractivity contribution in [3.63, 3.8) is 0 Å². The third kappa shape index (κ3) is 3.40. The van der Waals surface area contributed by atoms with Crippen molar-refractivity contribution in [2.24, 2.45) is 17.6 Å². The molecular formula is C17H26N2O. The van der Waals surface area contributed by atoms with Crippen LogP contribution in [0, 0.1) is 18.8 Å². The Bertz CT molecular complexity index is 441. The van der Waals surface area contributed by atoms with E-state index in [1.807, 2.05) is 0 Å². The van der Waals surface area contributed by atoms with Crippen LogP contribution >= 0.6 is 0 Å². The summed E-state index contributed by atoms with van der Waals surface area (Å²) in [7, 11) is 0. The van der Waals surface area contributed by atoms with E-state index in [9.17, 15) is 4.79 Å². The number of carbonyl (C=O) groups is 1. The van der Waals surface area contributed by atoms with Crippen LogP contribution in [0.1, 0.15) is 49.8 Å². The van der Waals surface area contributed by atoms with Crippen molar-refractivity contribution < 1.29 is 4.79 Å². The molecule has 0 radical (unpaired) electrons. The average molecular weight is 274 g/mol. The van der Waals surface area contributed by atoms with Crippen LogP contribution < -0.4 is 11.1 Å². The minimum atomic E-state index is 0.111. The molecule has 3 unspecified atom stereocenters. The zero-order chi connectivity index (χ0) is 14.5. The summed E-state index contributed by atoms with van der Waals surface area (Å²) < 4.78 is 0. The fraction of sp³-hybridized carbons (Fsp3) is 0.588. The molecule has 0 aromatic heterocycles. The number of rotatable bonds is 5. The zero-order valence-electron chi connectivity index (χ0n) is 12.6. The molecule has 110 valence electrons. The lowest BCUT2D eigenvalue weighted by Crippen LogP contribution is -2.37. The second kappa shape index (κ2) is 6.89. The van der Waals surface area contributed by atoms with E-state index in [4.69, 9.17) is 5.73 Å². The molecule has 3 heteroatoms. The van der Waals surface area contributed by atoms with Crippen molar-refractivity contribution in [3.8, 4) is 0 Å². The Hall–Kier alpha value is -1.35. The quantitative estimate of drug-likeness (QED) is 0.867. The van der Waals surface area contributed by atoms with Gasteiger partial charge in [-0.1, -0.05) is 43.2 Å². The third-order valence-electron chi connectivity index (χ3n) is 4.50. The van der Waals surface area contributed by atoms with Crippen molar-refractivity contribution in [1.29, 1.82) is 0 Å². The van der Waals surface area contributed by atoms with E-state index in [1.54, 1.807) is 0 Å². The highest BCUT2D eigenvalue weighted by Crippen LogP contribution is 2.31.